The van der Waals surface area contributed by atoms with Gasteiger partial charge in [0.15, 0.2) is 12.2 Å². The molecule has 2 heterocycles. The molecule has 3 N–H and O–H groups in total. The Morgan fingerprint density at radius 2 is 1.62 bits per heavy atom. The molecule has 1 saturated heterocycles. The fraction of sp³-hybridized carbons (Fsp3) is 0.730. The predicted octanol–water partition coefficient (Wildman–Crippen LogP) is 2.12. The maximum atomic E-state index is 14.6. The van der Waals surface area contributed by atoms with Gasteiger partial charge in [-0.15, -0.1) is 0 Å². The largest absolute Gasteiger partial charge is 0.472 e. The zero-order valence-corrected chi connectivity index (χ0v) is 30.8. The van der Waals surface area contributed by atoms with E-state index in [9.17, 15) is 44.1 Å². The Morgan fingerprint density at radius 3 is 2.13 bits per heavy atom. The number of ketones is 1. The summed E-state index contributed by atoms with van der Waals surface area (Å²) < 4.78 is 34.5. The molecule has 13 unspecified atom stereocenters. The maximum Gasteiger partial charge on any atom is 0.317 e. The predicted molar refractivity (Wildman–Crippen MR) is 173 cm³/mol. The summed E-state index contributed by atoms with van der Waals surface area (Å²) in [6, 6.07) is 1.53. The molecule has 1 aromatic heterocycles. The lowest BCUT2D eigenvalue weighted by Crippen LogP contribution is -2.95. The molecule has 15 nitrogen and oxygen atoms in total. The van der Waals surface area contributed by atoms with Crippen LogP contribution in [-0.2, 0) is 52.5 Å². The number of methoxy groups -OCH3 is 1. The minimum Gasteiger partial charge on any atom is -0.472 e. The Hall–Kier alpha value is -3.82. The summed E-state index contributed by atoms with van der Waals surface area (Å²) >= 11 is 0. The van der Waals surface area contributed by atoms with Crippen LogP contribution in [0.4, 0.5) is 0 Å². The van der Waals surface area contributed by atoms with Gasteiger partial charge in [0.25, 0.3) is 0 Å². The molecule has 0 amide bonds. The Kier molecular flexibility index (Phi) is 8.45. The van der Waals surface area contributed by atoms with Crippen molar-refractivity contribution < 1.29 is 72.2 Å². The summed E-state index contributed by atoms with van der Waals surface area (Å²) in [6.07, 6.45) is -3.68. The molecule has 286 valence electrons. The van der Waals surface area contributed by atoms with E-state index >= 15 is 0 Å². The van der Waals surface area contributed by atoms with Gasteiger partial charge in [-0.3, -0.25) is 28.8 Å². The number of hydrogen-bond acceptors (Lipinski definition) is 15. The van der Waals surface area contributed by atoms with Crippen molar-refractivity contribution in [3.63, 3.8) is 0 Å². The van der Waals surface area contributed by atoms with Crippen molar-refractivity contribution in [1.82, 2.24) is 0 Å². The van der Waals surface area contributed by atoms with Gasteiger partial charge in [0.2, 0.25) is 5.60 Å². The fourth-order valence-electron chi connectivity index (χ4n) is 12.0. The van der Waals surface area contributed by atoms with Crippen LogP contribution in [0.25, 0.3) is 0 Å². The summed E-state index contributed by atoms with van der Waals surface area (Å²) in [5, 5.41) is 40.8. The summed E-state index contributed by atoms with van der Waals surface area (Å²) in [5.74, 6) is -10.6. The number of rotatable bonds is 9. The number of carbonyl (C=O) groups excluding carboxylic acids is 6. The lowest BCUT2D eigenvalue weighted by molar-refractivity contribution is -0.446. The average molecular weight is 733 g/mol. The van der Waals surface area contributed by atoms with Crippen molar-refractivity contribution in [2.24, 2.45) is 39.9 Å². The van der Waals surface area contributed by atoms with Crippen LogP contribution in [0, 0.1) is 39.9 Å². The average Bonchev–Trinajstić information content (AvgIpc) is 3.69. The van der Waals surface area contributed by atoms with Crippen LogP contribution in [0.2, 0.25) is 0 Å². The van der Waals surface area contributed by atoms with E-state index in [1.807, 2.05) is 0 Å². The van der Waals surface area contributed by atoms with Crippen LogP contribution in [0.3, 0.4) is 0 Å². The van der Waals surface area contributed by atoms with E-state index in [-0.39, 0.29) is 19.3 Å². The van der Waals surface area contributed by atoms with Gasteiger partial charge in [0.1, 0.15) is 34.6 Å². The normalized spacial score (nSPS) is 44.6. The highest BCUT2D eigenvalue weighted by atomic mass is 16.6. The Balaban J connectivity index is 1.76. The van der Waals surface area contributed by atoms with E-state index in [2.05, 4.69) is 0 Å². The van der Waals surface area contributed by atoms with Crippen LogP contribution in [-0.4, -0.2) is 92.7 Å². The van der Waals surface area contributed by atoms with Crippen LogP contribution in [0.1, 0.15) is 92.7 Å². The molecule has 0 aromatic carbocycles. The number of furan rings is 1. The molecule has 4 saturated carbocycles. The molecule has 1 aliphatic heterocycles. The highest BCUT2D eigenvalue weighted by molar-refractivity contribution is 6.01. The standard InChI is InChI=1S/C37H48O15/c1-17(2)25(42)24-26-31(6,27(49-18(3)38)21-10-13-48-15-21)11-12-34(44)33(8)22(14-23(41)47-9)32(7)16-35(33,45)37(52-20(5)40,29(32)50-19(4)39)30(36(26,34)46)51-28(24)43/h10,13,15,17,22,24,26-27,29-30,44-46H,11-12,14,16H2,1-9H3. The Morgan fingerprint density at radius 1 is 0.962 bits per heavy atom. The molecule has 15 heteroatoms. The van der Waals surface area contributed by atoms with Crippen LogP contribution in [0.15, 0.2) is 23.0 Å². The van der Waals surface area contributed by atoms with Crippen LogP contribution < -0.4 is 0 Å². The van der Waals surface area contributed by atoms with Gasteiger partial charge in [-0.1, -0.05) is 34.6 Å². The molecule has 0 spiro atoms. The molecule has 1 aromatic rings. The molecule has 2 bridgehead atoms. The number of carbonyl (C=O) groups is 6. The second kappa shape index (κ2) is 11.6. The van der Waals surface area contributed by atoms with Gasteiger partial charge in [-0.05, 0) is 31.2 Å². The number of ether oxygens (including phenoxy) is 5. The monoisotopic (exact) mass is 732 g/mol. The second-order valence-corrected chi connectivity index (χ2v) is 16.5. The van der Waals surface area contributed by atoms with E-state index in [1.165, 1.54) is 32.4 Å². The van der Waals surface area contributed by atoms with Crippen molar-refractivity contribution in [3.05, 3.63) is 24.2 Å². The first-order chi connectivity index (χ1) is 24.0. The highest BCUT2D eigenvalue weighted by Gasteiger charge is 3.00. The SMILES string of the molecule is COC(=O)CC1C2(C)CC3(O)C(OC(C)=O)(C2OC(C)=O)C2OC(=O)C(C(=O)C(C)C)C4C(C)(C(OC(C)=O)c5ccoc5)CCC(O)(C42O)C13C. The lowest BCUT2D eigenvalue weighted by Gasteiger charge is -2.77. The third-order valence-corrected chi connectivity index (χ3v) is 13.8. The first-order valence-electron chi connectivity index (χ1n) is 17.5. The smallest absolute Gasteiger partial charge is 0.317 e. The zero-order valence-electron chi connectivity index (χ0n) is 30.8. The molecular weight excluding hydrogens is 684 g/mol. The molecule has 13 atom stereocenters. The molecule has 0 radical (unpaired) electrons. The summed E-state index contributed by atoms with van der Waals surface area (Å²) in [4.78, 5) is 81.0. The molecule has 52 heavy (non-hydrogen) atoms. The molecule has 5 fully saturated rings. The van der Waals surface area contributed by atoms with Crippen molar-refractivity contribution in [1.29, 1.82) is 0 Å². The van der Waals surface area contributed by atoms with E-state index in [0.717, 1.165) is 21.0 Å². The van der Waals surface area contributed by atoms with E-state index in [4.69, 9.17) is 28.1 Å². The summed E-state index contributed by atoms with van der Waals surface area (Å²) in [6.45, 7) is 11.1. The van der Waals surface area contributed by atoms with Gasteiger partial charge in [-0.2, -0.15) is 0 Å². The van der Waals surface area contributed by atoms with Crippen LogP contribution in [0.5, 0.6) is 0 Å². The molecule has 4 aliphatic carbocycles. The molecular formula is C37H48O15. The van der Waals surface area contributed by atoms with E-state index in [0.29, 0.717) is 5.56 Å². The van der Waals surface area contributed by atoms with Gasteiger partial charge < -0.3 is 43.4 Å². The maximum absolute atomic E-state index is 14.6. The zero-order chi connectivity index (χ0) is 38.8. The van der Waals surface area contributed by atoms with Gasteiger partial charge in [0, 0.05) is 60.8 Å². The van der Waals surface area contributed by atoms with Gasteiger partial charge in [-0.25, -0.2) is 0 Å². The second-order valence-electron chi connectivity index (χ2n) is 16.5. The van der Waals surface area contributed by atoms with Crippen molar-refractivity contribution in [3.8, 4) is 0 Å². The minimum atomic E-state index is -2.82. The van der Waals surface area contributed by atoms with Gasteiger partial charge in [0.05, 0.1) is 19.6 Å². The highest BCUT2D eigenvalue weighted by Crippen LogP contribution is 2.84. The van der Waals surface area contributed by atoms with Crippen LogP contribution >= 0.6 is 0 Å². The minimum absolute atomic E-state index is 0.108. The topological polar surface area (TPSA) is 222 Å². The third kappa shape index (κ3) is 4.24. The number of esters is 5. The first-order valence-corrected chi connectivity index (χ1v) is 17.5. The Bertz CT molecular complexity index is 1720. The van der Waals surface area contributed by atoms with Crippen molar-refractivity contribution in [2.75, 3.05) is 7.11 Å². The number of fused-ring (bicyclic) bond motifs is 3. The van der Waals surface area contributed by atoms with E-state index in [1.54, 1.807) is 27.7 Å². The van der Waals surface area contributed by atoms with E-state index < -0.39 is 123 Å². The Labute approximate surface area is 300 Å². The molecule has 6 rings (SSSR count). The number of aliphatic hydroxyl groups is 3. The number of hydrogen-bond donors (Lipinski definition) is 3. The van der Waals surface area contributed by atoms with Gasteiger partial charge >= 0.3 is 29.8 Å². The van der Waals surface area contributed by atoms with Crippen molar-refractivity contribution in [2.45, 2.75) is 122 Å². The molecule has 5 aliphatic rings. The summed E-state index contributed by atoms with van der Waals surface area (Å²) in [5.41, 5.74) is -15.1. The fourth-order valence-corrected chi connectivity index (χ4v) is 12.0. The first kappa shape index (κ1) is 37.9. The number of Topliss-reactive ketones (excluding diaryl/α,β-unsaturated/α-hetero) is 1. The summed E-state index contributed by atoms with van der Waals surface area (Å²) in [7, 11) is 1.16. The third-order valence-electron chi connectivity index (χ3n) is 13.8. The van der Waals surface area contributed by atoms with Crippen molar-refractivity contribution >= 4 is 35.6 Å². The quantitative estimate of drug-likeness (QED) is 0.188. The lowest BCUT2D eigenvalue weighted by atomic mass is 9.32.